The highest BCUT2D eigenvalue weighted by molar-refractivity contribution is 7.85. The minimum Gasteiger partial charge on any atom is -0.379 e. The van der Waals surface area contributed by atoms with Crippen LogP contribution in [-0.4, -0.2) is 15.1 Å². The molecule has 0 aliphatic carbocycles. The summed E-state index contributed by atoms with van der Waals surface area (Å²) in [6.07, 6.45) is 0. The number of aliphatic hydroxyl groups is 1. The van der Waals surface area contributed by atoms with Gasteiger partial charge in [-0.1, -0.05) is 78.4 Å². The Balaban J connectivity index is 2.00. The van der Waals surface area contributed by atoms with Crippen LogP contribution in [0.15, 0.2) is 89.8 Å². The lowest BCUT2D eigenvalue weighted by atomic mass is 9.88. The summed E-state index contributed by atoms with van der Waals surface area (Å²) in [4.78, 5) is 0.728. The van der Waals surface area contributed by atoms with E-state index >= 15 is 0 Å². The Labute approximate surface area is 145 Å². The van der Waals surface area contributed by atoms with Crippen LogP contribution in [0.4, 0.5) is 0 Å². The van der Waals surface area contributed by atoms with E-state index in [1.165, 1.54) is 0 Å². The highest BCUT2D eigenvalue weighted by Gasteiger charge is 2.33. The van der Waals surface area contributed by atoms with Crippen molar-refractivity contribution in [3.8, 4) is 0 Å². The molecule has 0 radical (unpaired) electrons. The van der Waals surface area contributed by atoms with Crippen LogP contribution in [0.3, 0.4) is 0 Å². The third kappa shape index (κ3) is 3.48. The summed E-state index contributed by atoms with van der Waals surface area (Å²) in [5.41, 5.74) is 1.32. The molecule has 3 aromatic carbocycles. The zero-order valence-corrected chi connectivity index (χ0v) is 14.4. The number of benzene rings is 3. The molecule has 0 aliphatic heterocycles. The summed E-state index contributed by atoms with van der Waals surface area (Å²) < 4.78 is 12.9. The van der Waals surface area contributed by atoms with Crippen LogP contribution in [-0.2, 0) is 16.4 Å². The maximum absolute atomic E-state index is 12.9. The Bertz CT molecular complexity index is 772. The third-order valence-corrected chi connectivity index (χ3v) is 5.60. The lowest BCUT2D eigenvalue weighted by Gasteiger charge is -2.29. The van der Waals surface area contributed by atoms with E-state index < -0.39 is 16.4 Å². The van der Waals surface area contributed by atoms with Gasteiger partial charge in [-0.15, -0.1) is 0 Å². The summed E-state index contributed by atoms with van der Waals surface area (Å²) >= 11 is 0. The lowest BCUT2D eigenvalue weighted by molar-refractivity contribution is 0.106. The molecule has 3 heteroatoms. The zero-order chi connectivity index (χ0) is 17.0. The van der Waals surface area contributed by atoms with Gasteiger partial charge in [0.25, 0.3) is 0 Å². The van der Waals surface area contributed by atoms with Crippen molar-refractivity contribution in [3.63, 3.8) is 0 Å². The van der Waals surface area contributed by atoms with Gasteiger partial charge in [-0.3, -0.25) is 4.21 Å². The van der Waals surface area contributed by atoms with Gasteiger partial charge in [0.15, 0.2) is 0 Å². The third-order valence-electron chi connectivity index (χ3n) is 4.13. The predicted molar refractivity (Wildman–Crippen MR) is 98.3 cm³/mol. The SMILES string of the molecule is Cc1ccc([S@](=O)CC(O)(c2ccccc2)c2ccccc2)cc1. The average molecular weight is 336 g/mol. The van der Waals surface area contributed by atoms with E-state index in [1.54, 1.807) is 0 Å². The van der Waals surface area contributed by atoms with Gasteiger partial charge in [0.2, 0.25) is 0 Å². The van der Waals surface area contributed by atoms with Crippen LogP contribution in [0.25, 0.3) is 0 Å². The van der Waals surface area contributed by atoms with Gasteiger partial charge in [-0.2, -0.15) is 0 Å². The maximum atomic E-state index is 12.9. The van der Waals surface area contributed by atoms with Crippen molar-refractivity contribution in [2.45, 2.75) is 17.4 Å². The van der Waals surface area contributed by atoms with Gasteiger partial charge < -0.3 is 5.11 Å². The monoisotopic (exact) mass is 336 g/mol. The van der Waals surface area contributed by atoms with Gasteiger partial charge in [0, 0.05) is 4.90 Å². The molecule has 0 aliphatic rings. The molecule has 0 amide bonds. The molecule has 3 aromatic rings. The van der Waals surface area contributed by atoms with Gasteiger partial charge in [-0.05, 0) is 30.2 Å². The highest BCUT2D eigenvalue weighted by Crippen LogP contribution is 2.31. The van der Waals surface area contributed by atoms with E-state index in [2.05, 4.69) is 0 Å². The molecule has 24 heavy (non-hydrogen) atoms. The van der Waals surface area contributed by atoms with Crippen molar-refractivity contribution in [3.05, 3.63) is 102 Å². The van der Waals surface area contributed by atoms with E-state index in [0.29, 0.717) is 0 Å². The van der Waals surface area contributed by atoms with Crippen molar-refractivity contribution in [1.29, 1.82) is 0 Å². The minimum absolute atomic E-state index is 0.115. The number of aryl methyl sites for hydroxylation is 1. The fraction of sp³-hybridized carbons (Fsp3) is 0.143. The topological polar surface area (TPSA) is 37.3 Å². The van der Waals surface area contributed by atoms with Gasteiger partial charge in [0.05, 0.1) is 16.6 Å². The second kappa shape index (κ2) is 7.12. The molecule has 0 spiro atoms. The largest absolute Gasteiger partial charge is 0.379 e. The average Bonchev–Trinajstić information content (AvgIpc) is 2.63. The molecular weight excluding hydrogens is 316 g/mol. The van der Waals surface area contributed by atoms with Crippen LogP contribution in [0.2, 0.25) is 0 Å². The molecule has 122 valence electrons. The molecular formula is C21H20O2S. The van der Waals surface area contributed by atoms with E-state index in [-0.39, 0.29) is 5.75 Å². The Morgan fingerprint density at radius 3 is 1.71 bits per heavy atom. The van der Waals surface area contributed by atoms with Crippen LogP contribution in [0.1, 0.15) is 16.7 Å². The van der Waals surface area contributed by atoms with E-state index in [4.69, 9.17) is 0 Å². The van der Waals surface area contributed by atoms with Crippen molar-refractivity contribution < 1.29 is 9.32 Å². The standard InChI is InChI=1S/C21H20O2S/c1-17-12-14-20(15-13-17)24(23)16-21(22,18-8-4-2-5-9-18)19-10-6-3-7-11-19/h2-15,22H,16H2,1H3/t24-/m1/s1. The Kier molecular flexibility index (Phi) is 4.93. The summed E-state index contributed by atoms with van der Waals surface area (Å²) in [6.45, 7) is 2.00. The molecule has 1 N–H and O–H groups in total. The van der Waals surface area contributed by atoms with Crippen LogP contribution in [0, 0.1) is 6.92 Å². The van der Waals surface area contributed by atoms with Gasteiger partial charge in [-0.25, -0.2) is 0 Å². The summed E-state index contributed by atoms with van der Waals surface area (Å²) in [7, 11) is -1.31. The van der Waals surface area contributed by atoms with Crippen LogP contribution < -0.4 is 0 Å². The maximum Gasteiger partial charge on any atom is 0.126 e. The highest BCUT2D eigenvalue weighted by atomic mass is 32.2. The molecule has 0 saturated carbocycles. The number of hydrogen-bond donors (Lipinski definition) is 1. The Hall–Kier alpha value is -2.23. The molecule has 3 rings (SSSR count). The van der Waals surface area contributed by atoms with Crippen molar-refractivity contribution >= 4 is 10.8 Å². The molecule has 1 atom stereocenters. The minimum atomic E-state index is -1.31. The quantitative estimate of drug-likeness (QED) is 0.763. The van der Waals surface area contributed by atoms with E-state index in [0.717, 1.165) is 21.6 Å². The lowest BCUT2D eigenvalue weighted by Crippen LogP contribution is -2.33. The van der Waals surface area contributed by atoms with Crippen LogP contribution in [0.5, 0.6) is 0 Å². The second-order valence-corrected chi connectivity index (χ2v) is 7.35. The molecule has 0 bridgehead atoms. The van der Waals surface area contributed by atoms with E-state index in [9.17, 15) is 9.32 Å². The molecule has 0 heterocycles. The summed E-state index contributed by atoms with van der Waals surface area (Å²) in [6, 6.07) is 26.5. The smallest absolute Gasteiger partial charge is 0.126 e. The summed E-state index contributed by atoms with van der Waals surface area (Å²) in [5.74, 6) is 0.115. The fourth-order valence-corrected chi connectivity index (χ4v) is 4.04. The van der Waals surface area contributed by atoms with Crippen LogP contribution >= 0.6 is 0 Å². The van der Waals surface area contributed by atoms with Gasteiger partial charge >= 0.3 is 0 Å². The first kappa shape index (κ1) is 16.6. The van der Waals surface area contributed by atoms with Crippen molar-refractivity contribution in [2.75, 3.05) is 5.75 Å². The zero-order valence-electron chi connectivity index (χ0n) is 13.6. The van der Waals surface area contributed by atoms with Crippen molar-refractivity contribution in [2.24, 2.45) is 0 Å². The normalized spacial score (nSPS) is 12.8. The molecule has 2 nitrogen and oxygen atoms in total. The Morgan fingerprint density at radius 1 is 0.792 bits per heavy atom. The number of hydrogen-bond acceptors (Lipinski definition) is 2. The predicted octanol–water partition coefficient (Wildman–Crippen LogP) is 4.04. The molecule has 0 fully saturated rings. The van der Waals surface area contributed by atoms with E-state index in [1.807, 2.05) is 91.9 Å². The van der Waals surface area contributed by atoms with Crippen molar-refractivity contribution in [1.82, 2.24) is 0 Å². The Morgan fingerprint density at radius 2 is 1.25 bits per heavy atom. The molecule has 0 saturated heterocycles. The first-order valence-corrected chi connectivity index (χ1v) is 9.20. The molecule has 0 aromatic heterocycles. The first-order chi connectivity index (χ1) is 11.6. The second-order valence-electron chi connectivity index (χ2n) is 5.90. The number of rotatable bonds is 5. The first-order valence-electron chi connectivity index (χ1n) is 7.88. The molecule has 0 unspecified atom stereocenters. The fourth-order valence-electron chi connectivity index (χ4n) is 2.72. The summed E-state index contributed by atoms with van der Waals surface area (Å²) in [5, 5.41) is 11.4. The van der Waals surface area contributed by atoms with Gasteiger partial charge in [0.1, 0.15) is 5.60 Å².